The molecule has 4 N–H and O–H groups in total. The first-order valence-corrected chi connectivity index (χ1v) is 16.6. The number of nitrogen functional groups attached to an aromatic ring is 1. The van der Waals surface area contributed by atoms with Gasteiger partial charge >= 0.3 is 6.03 Å². The van der Waals surface area contributed by atoms with E-state index < -0.39 is 36.6 Å². The van der Waals surface area contributed by atoms with E-state index in [1.165, 1.54) is 22.1 Å². The van der Waals surface area contributed by atoms with Gasteiger partial charge in [-0.2, -0.15) is 0 Å². The number of anilines is 1. The molecule has 2 fully saturated rings. The fourth-order valence-electron chi connectivity index (χ4n) is 6.17. The summed E-state index contributed by atoms with van der Waals surface area (Å²) in [6.45, 7) is 0.207. The molecule has 0 spiro atoms. The number of aliphatic hydroxyl groups excluding tert-OH is 2. The van der Waals surface area contributed by atoms with Gasteiger partial charge in [-0.3, -0.25) is 14.3 Å². The summed E-state index contributed by atoms with van der Waals surface area (Å²) in [5, 5.41) is 22.5. The number of hydrogen-bond donors (Lipinski definition) is 3. The van der Waals surface area contributed by atoms with Crippen LogP contribution in [0.2, 0.25) is 5.02 Å². The molecule has 2 aliphatic rings. The van der Waals surface area contributed by atoms with Crippen molar-refractivity contribution in [1.29, 1.82) is 0 Å². The molecule has 2 saturated heterocycles. The summed E-state index contributed by atoms with van der Waals surface area (Å²) < 4.78 is 7.57. The number of aliphatic hydroxyl groups is 2. The zero-order valence-electron chi connectivity index (χ0n) is 25.5. The van der Waals surface area contributed by atoms with Gasteiger partial charge in [0.05, 0.1) is 12.4 Å². The van der Waals surface area contributed by atoms with E-state index in [0.717, 1.165) is 20.9 Å². The van der Waals surface area contributed by atoms with E-state index in [0.29, 0.717) is 22.6 Å². The number of fused-ring (bicyclic) bond motifs is 1. The third-order valence-electron chi connectivity index (χ3n) is 8.67. The third kappa shape index (κ3) is 6.22. The molecule has 2 aliphatic heterocycles. The molecule has 14 heteroatoms. The molecule has 4 heterocycles. The molecule has 12 nitrogen and oxygen atoms in total. The second-order valence-electron chi connectivity index (χ2n) is 11.7. The maximum atomic E-state index is 14.0. The van der Waals surface area contributed by atoms with Crippen LogP contribution in [-0.2, 0) is 22.5 Å². The topological polar surface area (TPSA) is 160 Å². The summed E-state index contributed by atoms with van der Waals surface area (Å²) in [6, 6.07) is 23.8. The van der Waals surface area contributed by atoms with Gasteiger partial charge in [-0.15, -0.1) is 0 Å². The summed E-state index contributed by atoms with van der Waals surface area (Å²) in [4.78, 5) is 45.1. The van der Waals surface area contributed by atoms with Crippen molar-refractivity contribution in [3.63, 3.8) is 0 Å². The van der Waals surface area contributed by atoms with E-state index in [4.69, 9.17) is 22.1 Å². The summed E-state index contributed by atoms with van der Waals surface area (Å²) in [5.74, 6) is -0.153. The molecule has 246 valence electrons. The second kappa shape index (κ2) is 13.5. The lowest BCUT2D eigenvalue weighted by Gasteiger charge is -2.23. The van der Waals surface area contributed by atoms with Crippen LogP contribution in [0.25, 0.3) is 11.2 Å². The highest BCUT2D eigenvalue weighted by atomic mass is 35.5. The van der Waals surface area contributed by atoms with Crippen LogP contribution in [0.15, 0.2) is 101 Å². The van der Waals surface area contributed by atoms with Crippen LogP contribution in [0.3, 0.4) is 0 Å². The minimum Gasteiger partial charge on any atom is -0.388 e. The number of amides is 3. The van der Waals surface area contributed by atoms with Gasteiger partial charge in [0, 0.05) is 34.3 Å². The zero-order valence-corrected chi connectivity index (χ0v) is 27.1. The molecule has 48 heavy (non-hydrogen) atoms. The number of rotatable bonds is 10. The van der Waals surface area contributed by atoms with E-state index in [1.54, 1.807) is 16.7 Å². The van der Waals surface area contributed by atoms with E-state index >= 15 is 0 Å². The largest absolute Gasteiger partial charge is 0.388 e. The fraction of sp³-hybridized carbons (Fsp3) is 0.265. The average Bonchev–Trinajstić information content (AvgIpc) is 3.71. The number of hydrogen-bond acceptors (Lipinski definition) is 10. The van der Waals surface area contributed by atoms with Crippen LogP contribution >= 0.6 is 23.4 Å². The molecule has 0 saturated carbocycles. The van der Waals surface area contributed by atoms with Gasteiger partial charge in [-0.25, -0.2) is 19.7 Å². The van der Waals surface area contributed by atoms with Gasteiger partial charge in [-0.1, -0.05) is 71.9 Å². The van der Waals surface area contributed by atoms with Crippen molar-refractivity contribution >= 4 is 52.3 Å². The first kappa shape index (κ1) is 32.0. The van der Waals surface area contributed by atoms with E-state index in [-0.39, 0.29) is 31.2 Å². The Bertz CT molecular complexity index is 1950. The highest BCUT2D eigenvalue weighted by Crippen LogP contribution is 2.36. The molecule has 2 aromatic heterocycles. The molecule has 5 atom stereocenters. The molecule has 0 radical (unpaired) electrons. The third-order valence-corrected chi connectivity index (χ3v) is 10.0. The van der Waals surface area contributed by atoms with Gasteiger partial charge in [0.25, 0.3) is 5.91 Å². The normalized spacial score (nSPS) is 22.7. The van der Waals surface area contributed by atoms with Crippen LogP contribution in [0, 0.1) is 0 Å². The van der Waals surface area contributed by atoms with E-state index in [9.17, 15) is 19.8 Å². The Morgan fingerprint density at radius 2 is 1.67 bits per heavy atom. The monoisotopic (exact) mass is 685 g/mol. The molecule has 5 aromatic rings. The summed E-state index contributed by atoms with van der Waals surface area (Å²) >= 11 is 7.65. The second-order valence-corrected chi connectivity index (χ2v) is 13.2. The molecule has 7 rings (SSSR count). The SMILES string of the molecule is Nc1ncnc2c1ncn2[C@@H]1O[C@H](CCN2C(=O)C(Cc3ccccc3)N(Cc3ccccc3Sc3ccc(Cl)cc3)C2=O)[C@@H](O)C1O. The number of imidazole rings is 1. The van der Waals surface area contributed by atoms with Crippen molar-refractivity contribution in [3.8, 4) is 0 Å². The summed E-state index contributed by atoms with van der Waals surface area (Å²) in [6.07, 6.45) is -1.34. The number of urea groups is 1. The number of nitrogens with two attached hydrogens (primary N) is 1. The Morgan fingerprint density at radius 3 is 2.46 bits per heavy atom. The molecule has 3 amide bonds. The Balaban J connectivity index is 1.10. The number of halogens is 1. The smallest absolute Gasteiger partial charge is 0.327 e. The highest BCUT2D eigenvalue weighted by molar-refractivity contribution is 7.99. The Hall–Kier alpha value is -4.53. The summed E-state index contributed by atoms with van der Waals surface area (Å²) in [5.41, 5.74) is 8.43. The number of ether oxygens (including phenoxy) is 1. The maximum absolute atomic E-state index is 14.0. The lowest BCUT2D eigenvalue weighted by Crippen LogP contribution is -2.37. The first-order chi connectivity index (χ1) is 23.3. The van der Waals surface area contributed by atoms with Crippen molar-refractivity contribution in [2.24, 2.45) is 0 Å². The number of imide groups is 1. The Morgan fingerprint density at radius 1 is 0.917 bits per heavy atom. The van der Waals surface area contributed by atoms with Crippen molar-refractivity contribution < 1.29 is 24.5 Å². The van der Waals surface area contributed by atoms with Crippen LogP contribution in [0.1, 0.15) is 23.8 Å². The van der Waals surface area contributed by atoms with Crippen LogP contribution in [-0.4, -0.2) is 82.4 Å². The number of carbonyl (C=O) groups excluding carboxylic acids is 2. The molecule has 2 unspecified atom stereocenters. The number of carbonyl (C=O) groups is 2. The van der Waals surface area contributed by atoms with Gasteiger partial charge < -0.3 is 25.6 Å². The molecule has 0 aliphatic carbocycles. The predicted molar refractivity (Wildman–Crippen MR) is 179 cm³/mol. The molecular weight excluding hydrogens is 654 g/mol. The van der Waals surface area contributed by atoms with Crippen LogP contribution < -0.4 is 5.73 Å². The summed E-state index contributed by atoms with van der Waals surface area (Å²) in [7, 11) is 0. The maximum Gasteiger partial charge on any atom is 0.327 e. The number of aromatic nitrogens is 4. The first-order valence-electron chi connectivity index (χ1n) is 15.4. The van der Waals surface area contributed by atoms with Gasteiger partial charge in [0.1, 0.15) is 30.1 Å². The average molecular weight is 686 g/mol. The number of nitrogens with zero attached hydrogens (tertiary/aromatic N) is 6. The predicted octanol–water partition coefficient (Wildman–Crippen LogP) is 4.30. The molecule has 0 bridgehead atoms. The van der Waals surface area contributed by atoms with Crippen molar-refractivity contribution in [3.05, 3.63) is 108 Å². The van der Waals surface area contributed by atoms with Gasteiger partial charge in [0.15, 0.2) is 17.7 Å². The fourth-order valence-corrected chi connectivity index (χ4v) is 7.23. The minimum atomic E-state index is -1.31. The van der Waals surface area contributed by atoms with Crippen LogP contribution in [0.5, 0.6) is 0 Å². The van der Waals surface area contributed by atoms with Crippen LogP contribution in [0.4, 0.5) is 10.6 Å². The van der Waals surface area contributed by atoms with E-state index in [2.05, 4.69) is 15.0 Å². The van der Waals surface area contributed by atoms with Crippen molar-refractivity contribution in [2.45, 2.75) is 59.8 Å². The number of benzene rings is 3. The Kier molecular flexibility index (Phi) is 9.03. The van der Waals surface area contributed by atoms with Crippen molar-refractivity contribution in [2.75, 3.05) is 12.3 Å². The van der Waals surface area contributed by atoms with Gasteiger partial charge in [0.2, 0.25) is 0 Å². The highest BCUT2D eigenvalue weighted by Gasteiger charge is 2.48. The van der Waals surface area contributed by atoms with E-state index in [1.807, 2.05) is 78.9 Å². The lowest BCUT2D eigenvalue weighted by molar-refractivity contribution is -0.128. The zero-order chi connectivity index (χ0) is 33.4. The standard InChI is InChI=1S/C34H32ClN7O5S/c35-22-10-12-23(13-11-22)48-26-9-5-4-8-21(26)17-41-24(16-20-6-2-1-3-7-20)32(45)40(34(41)46)15-14-25-28(43)29(44)33(47-25)42-19-39-27-30(36)37-18-38-31(27)42/h1-13,18-19,24-25,28-29,33,43-44H,14-17H2,(H2,36,37,38)/t24?,25-,28-,29?,33-/m1/s1. The lowest BCUT2D eigenvalue weighted by atomic mass is 10.0. The van der Waals surface area contributed by atoms with Crippen molar-refractivity contribution in [1.82, 2.24) is 29.3 Å². The Labute approximate surface area is 285 Å². The molecule has 3 aromatic carbocycles. The molecular formula is C34H32ClN7O5S. The minimum absolute atomic E-state index is 0.0123. The quantitative estimate of drug-likeness (QED) is 0.181. The van der Waals surface area contributed by atoms with Gasteiger partial charge in [-0.05, 0) is 47.9 Å².